The third-order valence-corrected chi connectivity index (χ3v) is 3.04. The van der Waals surface area contributed by atoms with Crippen LogP contribution in [-0.2, 0) is 16.0 Å². The Labute approximate surface area is 129 Å². The molecule has 0 spiro atoms. The van der Waals surface area contributed by atoms with E-state index in [2.05, 4.69) is 5.32 Å². The van der Waals surface area contributed by atoms with Crippen LogP contribution in [0.25, 0.3) is 0 Å². The molecule has 5 heteroatoms. The smallest absolute Gasteiger partial charge is 0.340 e. The van der Waals surface area contributed by atoms with Crippen molar-refractivity contribution >= 4 is 23.3 Å². The number of benzene rings is 2. The van der Waals surface area contributed by atoms with Gasteiger partial charge in [-0.25, -0.2) is 4.79 Å². The van der Waals surface area contributed by atoms with Crippen molar-refractivity contribution in [1.82, 2.24) is 0 Å². The highest BCUT2D eigenvalue weighted by Gasteiger charge is 2.14. The van der Waals surface area contributed by atoms with Crippen LogP contribution in [0.3, 0.4) is 0 Å². The van der Waals surface area contributed by atoms with Gasteiger partial charge < -0.3 is 15.8 Å². The molecule has 0 atom stereocenters. The number of rotatable bonds is 5. The van der Waals surface area contributed by atoms with Gasteiger partial charge in [-0.2, -0.15) is 0 Å². The average Bonchev–Trinajstić information content (AvgIpc) is 2.50. The summed E-state index contributed by atoms with van der Waals surface area (Å²) in [5, 5.41) is 2.74. The van der Waals surface area contributed by atoms with E-state index in [1.807, 2.05) is 0 Å². The Morgan fingerprint density at radius 2 is 1.77 bits per heavy atom. The molecule has 2 aromatic carbocycles. The topological polar surface area (TPSA) is 81.4 Å². The first kappa shape index (κ1) is 15.6. The fourth-order valence-corrected chi connectivity index (χ4v) is 1.99. The molecule has 0 radical (unpaired) electrons. The molecule has 0 aliphatic heterocycles. The second-order valence-electron chi connectivity index (χ2n) is 4.73. The molecule has 0 heterocycles. The van der Waals surface area contributed by atoms with Gasteiger partial charge in [0.2, 0.25) is 5.91 Å². The monoisotopic (exact) mass is 298 g/mol. The van der Waals surface area contributed by atoms with Gasteiger partial charge in [-0.1, -0.05) is 24.3 Å². The molecular formula is C17H18N2O3. The number of hydrogen-bond acceptors (Lipinski definition) is 4. The van der Waals surface area contributed by atoms with E-state index in [4.69, 9.17) is 10.5 Å². The fraction of sp³-hybridized carbons (Fsp3) is 0.176. The lowest BCUT2D eigenvalue weighted by Gasteiger charge is -2.10. The zero-order valence-corrected chi connectivity index (χ0v) is 12.3. The number of anilines is 2. The number of carbonyl (C=O) groups is 2. The number of amides is 1. The van der Waals surface area contributed by atoms with Gasteiger partial charge in [0.05, 0.1) is 24.3 Å². The molecule has 3 N–H and O–H groups in total. The van der Waals surface area contributed by atoms with Gasteiger partial charge in [0.15, 0.2) is 0 Å². The van der Waals surface area contributed by atoms with Gasteiger partial charge in [0.25, 0.3) is 0 Å². The summed E-state index contributed by atoms with van der Waals surface area (Å²) in [6.45, 7) is 2.02. The quantitative estimate of drug-likeness (QED) is 0.656. The second-order valence-corrected chi connectivity index (χ2v) is 4.73. The molecule has 0 aliphatic carbocycles. The molecule has 5 nitrogen and oxygen atoms in total. The maximum Gasteiger partial charge on any atom is 0.340 e. The predicted octanol–water partition coefficient (Wildman–Crippen LogP) is 2.63. The summed E-state index contributed by atoms with van der Waals surface area (Å²) in [6.07, 6.45) is 0.206. The SMILES string of the molecule is CCOC(=O)c1ccccc1NC(=O)Cc1ccc(N)cc1. The van der Waals surface area contributed by atoms with Gasteiger partial charge in [-0.15, -0.1) is 0 Å². The molecule has 0 aromatic heterocycles. The molecule has 0 unspecified atom stereocenters. The van der Waals surface area contributed by atoms with E-state index in [1.54, 1.807) is 55.5 Å². The number of hydrogen-bond donors (Lipinski definition) is 2. The van der Waals surface area contributed by atoms with E-state index in [0.29, 0.717) is 16.9 Å². The Morgan fingerprint density at radius 1 is 1.09 bits per heavy atom. The third kappa shape index (κ3) is 4.09. The molecular weight excluding hydrogens is 280 g/mol. The van der Waals surface area contributed by atoms with Gasteiger partial charge in [-0.05, 0) is 36.8 Å². The summed E-state index contributed by atoms with van der Waals surface area (Å²) in [5.41, 5.74) is 7.90. The van der Waals surface area contributed by atoms with Gasteiger partial charge in [0.1, 0.15) is 0 Å². The van der Waals surface area contributed by atoms with Gasteiger partial charge in [0, 0.05) is 5.69 Å². The van der Waals surface area contributed by atoms with Crippen molar-refractivity contribution < 1.29 is 14.3 Å². The normalized spacial score (nSPS) is 10.0. The number of ether oxygens (including phenoxy) is 1. The summed E-state index contributed by atoms with van der Waals surface area (Å²) >= 11 is 0. The standard InChI is InChI=1S/C17H18N2O3/c1-2-22-17(21)14-5-3-4-6-15(14)19-16(20)11-12-7-9-13(18)10-8-12/h3-10H,2,11,18H2,1H3,(H,19,20). The zero-order valence-electron chi connectivity index (χ0n) is 12.3. The fourth-order valence-electron chi connectivity index (χ4n) is 1.99. The third-order valence-electron chi connectivity index (χ3n) is 3.04. The minimum atomic E-state index is -0.453. The Kier molecular flexibility index (Phi) is 5.14. The maximum absolute atomic E-state index is 12.1. The number of nitrogens with one attached hydrogen (secondary N) is 1. The highest BCUT2D eigenvalue weighted by Crippen LogP contribution is 2.17. The maximum atomic E-state index is 12.1. The molecule has 0 saturated heterocycles. The lowest BCUT2D eigenvalue weighted by Crippen LogP contribution is -2.17. The van der Waals surface area contributed by atoms with Crippen LogP contribution in [-0.4, -0.2) is 18.5 Å². The van der Waals surface area contributed by atoms with E-state index >= 15 is 0 Å². The molecule has 0 aliphatic rings. The van der Waals surface area contributed by atoms with Crippen molar-refractivity contribution in [2.75, 3.05) is 17.7 Å². The number of carbonyl (C=O) groups excluding carboxylic acids is 2. The molecule has 114 valence electrons. The minimum absolute atomic E-state index is 0.206. The Morgan fingerprint density at radius 3 is 2.45 bits per heavy atom. The van der Waals surface area contributed by atoms with Crippen LogP contribution in [0.5, 0.6) is 0 Å². The molecule has 0 bridgehead atoms. The van der Waals surface area contributed by atoms with Crippen molar-refractivity contribution in [1.29, 1.82) is 0 Å². The van der Waals surface area contributed by atoms with Crippen LogP contribution < -0.4 is 11.1 Å². The van der Waals surface area contributed by atoms with Crippen LogP contribution >= 0.6 is 0 Å². The van der Waals surface area contributed by atoms with Crippen LogP contribution in [0.4, 0.5) is 11.4 Å². The first-order chi connectivity index (χ1) is 10.6. The number of esters is 1. The van der Waals surface area contributed by atoms with E-state index in [1.165, 1.54) is 0 Å². The van der Waals surface area contributed by atoms with Crippen molar-refractivity contribution in [2.45, 2.75) is 13.3 Å². The number of nitrogens with two attached hydrogens (primary N) is 1. The van der Waals surface area contributed by atoms with Gasteiger partial charge in [-0.3, -0.25) is 4.79 Å². The predicted molar refractivity (Wildman–Crippen MR) is 85.6 cm³/mol. The van der Waals surface area contributed by atoms with Gasteiger partial charge >= 0.3 is 5.97 Å². The van der Waals surface area contributed by atoms with E-state index in [0.717, 1.165) is 5.56 Å². The lowest BCUT2D eigenvalue weighted by atomic mass is 10.1. The van der Waals surface area contributed by atoms with E-state index < -0.39 is 5.97 Å². The van der Waals surface area contributed by atoms with Crippen molar-refractivity contribution in [3.63, 3.8) is 0 Å². The summed E-state index contributed by atoms with van der Waals surface area (Å²) < 4.78 is 4.98. The highest BCUT2D eigenvalue weighted by molar-refractivity contribution is 6.01. The van der Waals surface area contributed by atoms with E-state index in [9.17, 15) is 9.59 Å². The summed E-state index contributed by atoms with van der Waals surface area (Å²) in [5.74, 6) is -0.660. The van der Waals surface area contributed by atoms with Crippen LogP contribution in [0.15, 0.2) is 48.5 Å². The molecule has 22 heavy (non-hydrogen) atoms. The lowest BCUT2D eigenvalue weighted by molar-refractivity contribution is -0.115. The van der Waals surface area contributed by atoms with E-state index in [-0.39, 0.29) is 18.9 Å². The Bertz CT molecular complexity index is 666. The van der Waals surface area contributed by atoms with Crippen molar-refractivity contribution in [2.24, 2.45) is 0 Å². The first-order valence-electron chi connectivity index (χ1n) is 7.00. The van der Waals surface area contributed by atoms with Crippen molar-refractivity contribution in [3.8, 4) is 0 Å². The molecule has 0 fully saturated rings. The molecule has 2 rings (SSSR count). The van der Waals surface area contributed by atoms with Crippen LogP contribution in [0.1, 0.15) is 22.8 Å². The Balaban J connectivity index is 2.08. The average molecular weight is 298 g/mol. The summed E-state index contributed by atoms with van der Waals surface area (Å²) in [7, 11) is 0. The molecule has 2 aromatic rings. The summed E-state index contributed by atoms with van der Waals surface area (Å²) in [4.78, 5) is 24.0. The number of para-hydroxylation sites is 1. The van der Waals surface area contributed by atoms with Crippen LogP contribution in [0, 0.1) is 0 Å². The molecule has 1 amide bonds. The molecule has 0 saturated carbocycles. The van der Waals surface area contributed by atoms with Crippen LogP contribution in [0.2, 0.25) is 0 Å². The second kappa shape index (κ2) is 7.26. The zero-order chi connectivity index (χ0) is 15.9. The largest absolute Gasteiger partial charge is 0.462 e. The first-order valence-corrected chi connectivity index (χ1v) is 7.00. The Hall–Kier alpha value is -2.82. The van der Waals surface area contributed by atoms with Crippen molar-refractivity contribution in [3.05, 3.63) is 59.7 Å². The minimum Gasteiger partial charge on any atom is -0.462 e. The number of nitrogen functional groups attached to an aromatic ring is 1. The summed E-state index contributed by atoms with van der Waals surface area (Å²) in [6, 6.07) is 13.9. The highest BCUT2D eigenvalue weighted by atomic mass is 16.5.